The van der Waals surface area contributed by atoms with Crippen LogP contribution in [0.2, 0.25) is 0 Å². The van der Waals surface area contributed by atoms with Crippen LogP contribution in [0, 0.1) is 6.92 Å². The third kappa shape index (κ3) is 4.13. The summed E-state index contributed by atoms with van der Waals surface area (Å²) in [5, 5.41) is 9.30. The van der Waals surface area contributed by atoms with Gasteiger partial charge in [-0.1, -0.05) is 48.0 Å². The number of carbonyl (C=O) groups excluding carboxylic acids is 1. The Bertz CT molecular complexity index is 782. The number of amides is 1. The van der Waals surface area contributed by atoms with Crippen molar-refractivity contribution in [3.63, 3.8) is 0 Å². The van der Waals surface area contributed by atoms with E-state index in [0.29, 0.717) is 12.8 Å². The van der Waals surface area contributed by atoms with Crippen molar-refractivity contribution < 1.29 is 14.7 Å². The Morgan fingerprint density at radius 2 is 1.81 bits per heavy atom. The molecule has 3 rings (SSSR count). The second-order valence-corrected chi connectivity index (χ2v) is 6.97. The molecule has 1 amide bonds. The minimum Gasteiger partial charge on any atom is -0.478 e. The molecule has 26 heavy (non-hydrogen) atoms. The van der Waals surface area contributed by atoms with Crippen LogP contribution < -0.4 is 0 Å². The number of rotatable bonds is 5. The lowest BCUT2D eigenvalue weighted by atomic mass is 9.93. The number of carbonyl (C=O) groups is 2. The van der Waals surface area contributed by atoms with Gasteiger partial charge in [-0.2, -0.15) is 0 Å². The van der Waals surface area contributed by atoms with Crippen molar-refractivity contribution in [2.24, 2.45) is 0 Å². The highest BCUT2D eigenvalue weighted by Gasteiger charge is 2.27. The zero-order valence-corrected chi connectivity index (χ0v) is 15.1. The van der Waals surface area contributed by atoms with Crippen molar-refractivity contribution in [3.8, 4) is 0 Å². The van der Waals surface area contributed by atoms with Gasteiger partial charge in [-0.15, -0.1) is 0 Å². The molecule has 0 aliphatic carbocycles. The highest BCUT2D eigenvalue weighted by molar-refractivity contribution is 5.89. The van der Waals surface area contributed by atoms with Crippen LogP contribution in [-0.4, -0.2) is 28.4 Å². The molecule has 1 N–H and O–H groups in total. The van der Waals surface area contributed by atoms with Gasteiger partial charge in [0.15, 0.2) is 0 Å². The molecule has 1 saturated heterocycles. The summed E-state index contributed by atoms with van der Waals surface area (Å²) >= 11 is 0. The van der Waals surface area contributed by atoms with E-state index in [4.69, 9.17) is 0 Å². The van der Waals surface area contributed by atoms with Gasteiger partial charge in [-0.3, -0.25) is 4.79 Å². The molecule has 0 aromatic heterocycles. The van der Waals surface area contributed by atoms with Crippen LogP contribution in [0.25, 0.3) is 0 Å². The quantitative estimate of drug-likeness (QED) is 0.870. The lowest BCUT2D eigenvalue weighted by Crippen LogP contribution is -2.38. The average Bonchev–Trinajstić information content (AvgIpc) is 2.67. The van der Waals surface area contributed by atoms with Gasteiger partial charge in [0.05, 0.1) is 11.6 Å². The first-order valence-electron chi connectivity index (χ1n) is 9.23. The normalized spacial score (nSPS) is 17.1. The Hall–Kier alpha value is -2.62. The first-order chi connectivity index (χ1) is 12.6. The Kier molecular flexibility index (Phi) is 5.71. The van der Waals surface area contributed by atoms with Gasteiger partial charge in [-0.25, -0.2) is 4.79 Å². The predicted octanol–water partition coefficient (Wildman–Crippen LogP) is 4.38. The summed E-state index contributed by atoms with van der Waals surface area (Å²) in [7, 11) is 0. The molecule has 0 radical (unpaired) electrons. The first kappa shape index (κ1) is 18.2. The zero-order valence-electron chi connectivity index (χ0n) is 15.1. The summed E-state index contributed by atoms with van der Waals surface area (Å²) in [4.78, 5) is 26.2. The van der Waals surface area contributed by atoms with Crippen LogP contribution in [0.1, 0.15) is 58.8 Å². The molecule has 2 aromatic carbocycles. The van der Waals surface area contributed by atoms with E-state index >= 15 is 0 Å². The number of nitrogens with zero attached hydrogens (tertiary/aromatic N) is 1. The van der Waals surface area contributed by atoms with Gasteiger partial charge in [-0.05, 0) is 49.8 Å². The van der Waals surface area contributed by atoms with Crippen LogP contribution in [0.5, 0.6) is 0 Å². The number of carboxylic acid groups (broad SMARTS) is 1. The lowest BCUT2D eigenvalue weighted by Gasteiger charge is -2.36. The largest absolute Gasteiger partial charge is 0.478 e. The minimum atomic E-state index is -0.941. The molecule has 4 heteroatoms. The molecule has 136 valence electrons. The summed E-state index contributed by atoms with van der Waals surface area (Å²) in [6, 6.07) is 15.5. The molecule has 1 aliphatic rings. The second kappa shape index (κ2) is 8.17. The van der Waals surface area contributed by atoms with E-state index in [1.165, 1.54) is 11.1 Å². The monoisotopic (exact) mass is 351 g/mol. The number of benzene rings is 2. The second-order valence-electron chi connectivity index (χ2n) is 6.97. The molecule has 1 aliphatic heterocycles. The average molecular weight is 351 g/mol. The van der Waals surface area contributed by atoms with E-state index in [1.807, 2.05) is 11.0 Å². The molecule has 1 fully saturated rings. The van der Waals surface area contributed by atoms with Gasteiger partial charge < -0.3 is 10.0 Å². The Balaban J connectivity index is 1.71. The fraction of sp³-hybridized carbons (Fsp3) is 0.364. The van der Waals surface area contributed by atoms with E-state index in [2.05, 4.69) is 31.2 Å². The van der Waals surface area contributed by atoms with Crippen LogP contribution in [0.15, 0.2) is 48.5 Å². The predicted molar refractivity (Wildman–Crippen MR) is 101 cm³/mol. The summed E-state index contributed by atoms with van der Waals surface area (Å²) < 4.78 is 0. The first-order valence-corrected chi connectivity index (χ1v) is 9.23. The molecular weight excluding hydrogens is 326 g/mol. The Morgan fingerprint density at radius 1 is 1.08 bits per heavy atom. The fourth-order valence-corrected chi connectivity index (χ4v) is 3.70. The number of likely N-dealkylation sites (tertiary alicyclic amines) is 1. The highest BCUT2D eigenvalue weighted by atomic mass is 16.4. The molecule has 0 spiro atoms. The maximum Gasteiger partial charge on any atom is 0.335 e. The molecule has 1 atom stereocenters. The zero-order chi connectivity index (χ0) is 18.5. The maximum absolute atomic E-state index is 12.9. The number of aromatic carboxylic acids is 1. The molecule has 1 heterocycles. The maximum atomic E-state index is 12.9. The van der Waals surface area contributed by atoms with Gasteiger partial charge in [0.1, 0.15) is 0 Å². The SMILES string of the molecule is Cc1ccc(C2CCCCN2C(=O)CCc2ccccc2C(=O)O)cc1. The van der Waals surface area contributed by atoms with Crippen LogP contribution in [-0.2, 0) is 11.2 Å². The van der Waals surface area contributed by atoms with E-state index < -0.39 is 5.97 Å². The Labute approximate surface area is 154 Å². The number of hydrogen-bond donors (Lipinski definition) is 1. The van der Waals surface area contributed by atoms with Crippen molar-refractivity contribution in [1.29, 1.82) is 0 Å². The summed E-state index contributed by atoms with van der Waals surface area (Å²) in [6.45, 7) is 2.84. The fourth-order valence-electron chi connectivity index (χ4n) is 3.70. The summed E-state index contributed by atoms with van der Waals surface area (Å²) in [5.41, 5.74) is 3.41. The molecule has 0 bridgehead atoms. The topological polar surface area (TPSA) is 57.6 Å². The highest BCUT2D eigenvalue weighted by Crippen LogP contribution is 2.31. The van der Waals surface area contributed by atoms with Crippen molar-refractivity contribution in [2.45, 2.75) is 45.1 Å². The Morgan fingerprint density at radius 3 is 2.54 bits per heavy atom. The van der Waals surface area contributed by atoms with Crippen LogP contribution in [0.3, 0.4) is 0 Å². The van der Waals surface area contributed by atoms with Gasteiger partial charge in [0, 0.05) is 13.0 Å². The number of aryl methyl sites for hydroxylation is 2. The third-order valence-corrected chi connectivity index (χ3v) is 5.14. The van der Waals surface area contributed by atoms with Crippen molar-refractivity contribution in [1.82, 2.24) is 4.90 Å². The molecular formula is C22H25NO3. The summed E-state index contributed by atoms with van der Waals surface area (Å²) in [6.07, 6.45) is 3.94. The summed E-state index contributed by atoms with van der Waals surface area (Å²) in [5.74, 6) is -0.834. The lowest BCUT2D eigenvalue weighted by molar-refractivity contribution is -0.135. The van der Waals surface area contributed by atoms with Crippen LogP contribution >= 0.6 is 0 Å². The number of hydrogen-bond acceptors (Lipinski definition) is 2. The van der Waals surface area contributed by atoms with Gasteiger partial charge in [0.25, 0.3) is 0 Å². The molecule has 4 nitrogen and oxygen atoms in total. The van der Waals surface area contributed by atoms with Gasteiger partial charge >= 0.3 is 5.97 Å². The van der Waals surface area contributed by atoms with Crippen LogP contribution in [0.4, 0.5) is 0 Å². The molecule has 1 unspecified atom stereocenters. The van der Waals surface area contributed by atoms with Crippen molar-refractivity contribution in [2.75, 3.05) is 6.54 Å². The number of piperidine rings is 1. The number of carboxylic acids is 1. The van der Waals surface area contributed by atoms with E-state index in [0.717, 1.165) is 31.4 Å². The molecule has 2 aromatic rings. The van der Waals surface area contributed by atoms with Gasteiger partial charge in [0.2, 0.25) is 5.91 Å². The van der Waals surface area contributed by atoms with Crippen molar-refractivity contribution >= 4 is 11.9 Å². The standard InChI is InChI=1S/C22H25NO3/c1-16-9-11-18(12-10-16)20-8-4-5-15-23(20)21(24)14-13-17-6-2-3-7-19(17)22(25)26/h2-3,6-7,9-12,20H,4-5,8,13-15H2,1H3,(H,25,26). The van der Waals surface area contributed by atoms with Crippen molar-refractivity contribution in [3.05, 3.63) is 70.8 Å². The molecule has 0 saturated carbocycles. The minimum absolute atomic E-state index is 0.107. The van der Waals surface area contributed by atoms with E-state index in [-0.39, 0.29) is 17.5 Å². The van der Waals surface area contributed by atoms with E-state index in [1.54, 1.807) is 18.2 Å². The van der Waals surface area contributed by atoms with E-state index in [9.17, 15) is 14.7 Å². The third-order valence-electron chi connectivity index (χ3n) is 5.14. The smallest absolute Gasteiger partial charge is 0.335 e.